The molecule has 5 nitrogen and oxygen atoms in total. The molecule has 1 heterocycles. The number of benzene rings is 2. The van der Waals surface area contributed by atoms with Gasteiger partial charge in [0.05, 0.1) is 24.9 Å². The fourth-order valence-electron chi connectivity index (χ4n) is 2.84. The van der Waals surface area contributed by atoms with Crippen molar-refractivity contribution in [3.63, 3.8) is 0 Å². The van der Waals surface area contributed by atoms with E-state index in [2.05, 4.69) is 10.2 Å². The molecule has 1 fully saturated rings. The molecular weight excluding hydrogens is 352 g/mol. The molecule has 0 bridgehead atoms. The second kappa shape index (κ2) is 8.43. The fraction of sp³-hybridized carbons (Fsp3) is 0.350. The van der Waals surface area contributed by atoms with Gasteiger partial charge in [0.2, 0.25) is 0 Å². The van der Waals surface area contributed by atoms with E-state index >= 15 is 0 Å². The van der Waals surface area contributed by atoms with Crippen LogP contribution in [0, 0.1) is 0 Å². The van der Waals surface area contributed by atoms with Gasteiger partial charge < -0.3 is 19.7 Å². The van der Waals surface area contributed by atoms with Crippen LogP contribution in [0.4, 0.5) is 11.4 Å². The van der Waals surface area contributed by atoms with Crippen LogP contribution in [0.1, 0.15) is 24.2 Å². The molecule has 0 spiro atoms. The minimum absolute atomic E-state index is 0.0348. The highest BCUT2D eigenvalue weighted by Crippen LogP contribution is 2.26. The van der Waals surface area contributed by atoms with Gasteiger partial charge in [0, 0.05) is 29.5 Å². The molecule has 1 N–H and O–H groups in total. The first-order valence-electron chi connectivity index (χ1n) is 8.73. The Bertz CT molecular complexity index is 773. The number of carbonyl (C=O) groups is 1. The molecule has 2 aromatic carbocycles. The van der Waals surface area contributed by atoms with Gasteiger partial charge >= 0.3 is 0 Å². The van der Waals surface area contributed by atoms with Gasteiger partial charge in [-0.25, -0.2) is 0 Å². The summed E-state index contributed by atoms with van der Waals surface area (Å²) in [7, 11) is 0. The number of rotatable bonds is 5. The topological polar surface area (TPSA) is 50.8 Å². The Morgan fingerprint density at radius 3 is 2.69 bits per heavy atom. The summed E-state index contributed by atoms with van der Waals surface area (Å²) in [6.45, 7) is 6.96. The highest BCUT2D eigenvalue weighted by Gasteiger charge is 2.16. The molecule has 6 heteroatoms. The molecule has 0 unspecified atom stereocenters. The number of anilines is 2. The van der Waals surface area contributed by atoms with Crippen LogP contribution < -0.4 is 15.0 Å². The van der Waals surface area contributed by atoms with Crippen molar-refractivity contribution < 1.29 is 14.3 Å². The standard InChI is InChI=1S/C20H23ClN2O3/c1-14(2)26-19-7-6-15(21)12-18(19)20(24)22-16-4-3-5-17(13-16)23-8-10-25-11-9-23/h3-7,12-14H,8-11H2,1-2H3,(H,22,24). The van der Waals surface area contributed by atoms with E-state index in [0.717, 1.165) is 37.7 Å². The monoisotopic (exact) mass is 374 g/mol. The fourth-order valence-corrected chi connectivity index (χ4v) is 3.01. The summed E-state index contributed by atoms with van der Waals surface area (Å²) in [4.78, 5) is 15.0. The van der Waals surface area contributed by atoms with Crippen LogP contribution in [-0.4, -0.2) is 38.3 Å². The van der Waals surface area contributed by atoms with E-state index < -0.39 is 0 Å². The maximum Gasteiger partial charge on any atom is 0.259 e. The van der Waals surface area contributed by atoms with Gasteiger partial charge in [-0.3, -0.25) is 4.79 Å². The van der Waals surface area contributed by atoms with Gasteiger partial charge in [-0.15, -0.1) is 0 Å². The van der Waals surface area contributed by atoms with Crippen LogP contribution in [0.5, 0.6) is 5.75 Å². The molecule has 1 aliphatic heterocycles. The Labute approximate surface area is 158 Å². The van der Waals surface area contributed by atoms with E-state index in [1.165, 1.54) is 0 Å². The summed E-state index contributed by atoms with van der Waals surface area (Å²) in [6.07, 6.45) is -0.0348. The molecule has 0 radical (unpaired) electrons. The van der Waals surface area contributed by atoms with Crippen molar-refractivity contribution in [3.05, 3.63) is 53.1 Å². The van der Waals surface area contributed by atoms with Gasteiger partial charge in [0.15, 0.2) is 0 Å². The lowest BCUT2D eigenvalue weighted by atomic mass is 10.1. The predicted molar refractivity (Wildman–Crippen MR) is 105 cm³/mol. The third-order valence-electron chi connectivity index (χ3n) is 4.03. The average Bonchev–Trinajstić information content (AvgIpc) is 2.64. The number of hydrogen-bond donors (Lipinski definition) is 1. The van der Waals surface area contributed by atoms with Crippen molar-refractivity contribution in [1.82, 2.24) is 0 Å². The number of nitrogens with zero attached hydrogens (tertiary/aromatic N) is 1. The van der Waals surface area contributed by atoms with Gasteiger partial charge in [-0.2, -0.15) is 0 Å². The number of hydrogen-bond acceptors (Lipinski definition) is 4. The summed E-state index contributed by atoms with van der Waals surface area (Å²) >= 11 is 6.07. The minimum atomic E-state index is -0.248. The number of morpholine rings is 1. The molecule has 3 rings (SSSR count). The smallest absolute Gasteiger partial charge is 0.259 e. The van der Waals surface area contributed by atoms with Crippen LogP contribution in [0.15, 0.2) is 42.5 Å². The van der Waals surface area contributed by atoms with Gasteiger partial charge in [-0.1, -0.05) is 17.7 Å². The Morgan fingerprint density at radius 1 is 1.19 bits per heavy atom. The summed E-state index contributed by atoms with van der Waals surface area (Å²) < 4.78 is 11.1. The van der Waals surface area contributed by atoms with Crippen molar-refractivity contribution in [2.24, 2.45) is 0 Å². The van der Waals surface area contributed by atoms with E-state index in [4.69, 9.17) is 21.1 Å². The van der Waals surface area contributed by atoms with E-state index in [0.29, 0.717) is 16.3 Å². The molecule has 26 heavy (non-hydrogen) atoms. The summed E-state index contributed by atoms with van der Waals surface area (Å²) in [5, 5.41) is 3.44. The van der Waals surface area contributed by atoms with E-state index in [1.807, 2.05) is 38.1 Å². The number of amides is 1. The summed E-state index contributed by atoms with van der Waals surface area (Å²) in [5.74, 6) is 0.272. The first kappa shape index (κ1) is 18.5. The Hall–Kier alpha value is -2.24. The van der Waals surface area contributed by atoms with Crippen molar-refractivity contribution >= 4 is 28.9 Å². The van der Waals surface area contributed by atoms with E-state index in [1.54, 1.807) is 18.2 Å². The maximum absolute atomic E-state index is 12.8. The lowest BCUT2D eigenvalue weighted by Gasteiger charge is -2.29. The first-order valence-corrected chi connectivity index (χ1v) is 9.11. The predicted octanol–water partition coefficient (Wildman–Crippen LogP) is 4.22. The SMILES string of the molecule is CC(C)Oc1ccc(Cl)cc1C(=O)Nc1cccc(N2CCOCC2)c1. The van der Waals surface area contributed by atoms with E-state index in [-0.39, 0.29) is 12.0 Å². The summed E-state index contributed by atoms with van der Waals surface area (Å²) in [5.41, 5.74) is 2.22. The number of nitrogens with one attached hydrogen (secondary N) is 1. The Kier molecular flexibility index (Phi) is 6.01. The molecular formula is C20H23ClN2O3. The third kappa shape index (κ3) is 4.68. The largest absolute Gasteiger partial charge is 0.490 e. The third-order valence-corrected chi connectivity index (χ3v) is 4.26. The molecule has 0 aliphatic carbocycles. The lowest BCUT2D eigenvalue weighted by Crippen LogP contribution is -2.36. The molecule has 0 atom stereocenters. The van der Waals surface area contributed by atoms with Crippen LogP contribution in [0.25, 0.3) is 0 Å². The zero-order chi connectivity index (χ0) is 18.5. The number of carbonyl (C=O) groups excluding carboxylic acids is 1. The Morgan fingerprint density at radius 2 is 1.96 bits per heavy atom. The first-order chi connectivity index (χ1) is 12.5. The van der Waals surface area contributed by atoms with Crippen molar-refractivity contribution in [2.45, 2.75) is 20.0 Å². The molecule has 1 saturated heterocycles. The minimum Gasteiger partial charge on any atom is -0.490 e. The maximum atomic E-state index is 12.8. The van der Waals surface area contributed by atoms with Crippen LogP contribution in [-0.2, 0) is 4.74 Å². The second-order valence-corrected chi connectivity index (χ2v) is 6.85. The molecule has 138 valence electrons. The van der Waals surface area contributed by atoms with Crippen LogP contribution in [0.3, 0.4) is 0 Å². The molecule has 1 aliphatic rings. The van der Waals surface area contributed by atoms with Crippen molar-refractivity contribution in [2.75, 3.05) is 36.5 Å². The van der Waals surface area contributed by atoms with Crippen molar-refractivity contribution in [1.29, 1.82) is 0 Å². The van der Waals surface area contributed by atoms with Gasteiger partial charge in [0.1, 0.15) is 5.75 Å². The van der Waals surface area contributed by atoms with Crippen molar-refractivity contribution in [3.8, 4) is 5.75 Å². The molecule has 2 aromatic rings. The van der Waals surface area contributed by atoms with E-state index in [9.17, 15) is 4.79 Å². The van der Waals surface area contributed by atoms with Gasteiger partial charge in [0.25, 0.3) is 5.91 Å². The van der Waals surface area contributed by atoms with Crippen LogP contribution >= 0.6 is 11.6 Å². The lowest BCUT2D eigenvalue weighted by molar-refractivity contribution is 0.102. The molecule has 0 saturated carbocycles. The number of ether oxygens (including phenoxy) is 2. The van der Waals surface area contributed by atoms with Gasteiger partial charge in [-0.05, 0) is 50.2 Å². The molecule has 0 aromatic heterocycles. The normalized spacial score (nSPS) is 14.4. The summed E-state index contributed by atoms with van der Waals surface area (Å²) in [6, 6.07) is 12.9. The zero-order valence-electron chi connectivity index (χ0n) is 15.0. The number of halogens is 1. The Balaban J connectivity index is 1.79. The quantitative estimate of drug-likeness (QED) is 0.851. The zero-order valence-corrected chi connectivity index (χ0v) is 15.8. The highest BCUT2D eigenvalue weighted by atomic mass is 35.5. The van der Waals surface area contributed by atoms with Crippen LogP contribution in [0.2, 0.25) is 5.02 Å². The average molecular weight is 375 g/mol. The molecule has 1 amide bonds. The highest BCUT2D eigenvalue weighted by molar-refractivity contribution is 6.31. The second-order valence-electron chi connectivity index (χ2n) is 6.41.